The van der Waals surface area contributed by atoms with Crippen LogP contribution in [-0.4, -0.2) is 68.7 Å². The van der Waals surface area contributed by atoms with Crippen LogP contribution in [0.5, 0.6) is 0 Å². The van der Waals surface area contributed by atoms with Gasteiger partial charge in [-0.05, 0) is 32.9 Å². The maximum atomic E-state index is 12.3. The van der Waals surface area contributed by atoms with Gasteiger partial charge in [0.2, 0.25) is 10.0 Å². The maximum absolute atomic E-state index is 12.3. The van der Waals surface area contributed by atoms with Crippen molar-refractivity contribution in [3.8, 4) is 0 Å². The van der Waals surface area contributed by atoms with Crippen LogP contribution in [-0.2, 0) is 10.0 Å². The van der Waals surface area contributed by atoms with Crippen molar-refractivity contribution in [2.45, 2.75) is 38.3 Å². The topological polar surface area (TPSA) is 52.7 Å². The van der Waals surface area contributed by atoms with Gasteiger partial charge in [-0.15, -0.1) is 0 Å². The summed E-state index contributed by atoms with van der Waals surface area (Å²) >= 11 is 0. The van der Waals surface area contributed by atoms with Crippen molar-refractivity contribution in [3.63, 3.8) is 0 Å². The van der Waals surface area contributed by atoms with Crippen LogP contribution in [0.3, 0.4) is 0 Å². The molecule has 2 unspecified atom stereocenters. The minimum Gasteiger partial charge on any atom is -0.316 e. The molecule has 1 N–H and O–H groups in total. The van der Waals surface area contributed by atoms with Crippen molar-refractivity contribution < 1.29 is 8.42 Å². The Bertz CT molecular complexity index is 372. The molecule has 18 heavy (non-hydrogen) atoms. The van der Waals surface area contributed by atoms with Crippen LogP contribution in [0, 0.1) is 0 Å². The molecule has 2 aliphatic heterocycles. The second-order valence-corrected chi connectivity index (χ2v) is 7.46. The molecule has 2 fully saturated rings. The Morgan fingerprint density at radius 1 is 1.22 bits per heavy atom. The van der Waals surface area contributed by atoms with Crippen LogP contribution < -0.4 is 5.32 Å². The molecule has 0 aromatic rings. The highest BCUT2D eigenvalue weighted by Gasteiger charge is 2.37. The molecular weight excluding hydrogens is 250 g/mol. The highest BCUT2D eigenvalue weighted by Crippen LogP contribution is 2.29. The predicted molar refractivity (Wildman–Crippen MR) is 73.1 cm³/mol. The Morgan fingerprint density at radius 2 is 1.94 bits per heavy atom. The third-order valence-corrected chi connectivity index (χ3v) is 6.13. The SMILES string of the molecule is CCNCCS(=O)(=O)N1CCC2CCC(C1)N2C. The van der Waals surface area contributed by atoms with Crippen LogP contribution in [0.25, 0.3) is 0 Å². The van der Waals surface area contributed by atoms with E-state index in [9.17, 15) is 8.42 Å². The smallest absolute Gasteiger partial charge is 0.215 e. The molecule has 0 saturated carbocycles. The average Bonchev–Trinajstić information content (AvgIpc) is 2.52. The molecule has 0 spiro atoms. The molecule has 2 aliphatic rings. The Kier molecular flexibility index (Phi) is 4.64. The molecule has 2 saturated heterocycles. The molecule has 0 aromatic heterocycles. The number of hydrogen-bond donors (Lipinski definition) is 1. The van der Waals surface area contributed by atoms with Crippen LogP contribution >= 0.6 is 0 Å². The lowest BCUT2D eigenvalue weighted by Gasteiger charge is -2.25. The van der Waals surface area contributed by atoms with Gasteiger partial charge in [0.05, 0.1) is 5.75 Å². The highest BCUT2D eigenvalue weighted by atomic mass is 32.2. The van der Waals surface area contributed by atoms with Crippen LogP contribution in [0.15, 0.2) is 0 Å². The lowest BCUT2D eigenvalue weighted by Crippen LogP contribution is -2.42. The second kappa shape index (κ2) is 5.86. The average molecular weight is 275 g/mol. The first kappa shape index (κ1) is 14.2. The largest absolute Gasteiger partial charge is 0.316 e. The number of nitrogens with zero attached hydrogens (tertiary/aromatic N) is 2. The van der Waals surface area contributed by atoms with E-state index < -0.39 is 10.0 Å². The van der Waals surface area contributed by atoms with Crippen LogP contribution in [0.2, 0.25) is 0 Å². The van der Waals surface area contributed by atoms with Gasteiger partial charge in [0.15, 0.2) is 0 Å². The summed E-state index contributed by atoms with van der Waals surface area (Å²) in [6.45, 7) is 4.75. The molecule has 0 aromatic carbocycles. The van der Waals surface area contributed by atoms with Gasteiger partial charge in [-0.1, -0.05) is 6.92 Å². The Hall–Kier alpha value is -0.170. The minimum absolute atomic E-state index is 0.224. The fraction of sp³-hybridized carbons (Fsp3) is 1.00. The Balaban J connectivity index is 1.96. The van der Waals surface area contributed by atoms with E-state index in [1.54, 1.807) is 4.31 Å². The van der Waals surface area contributed by atoms with E-state index in [1.807, 2.05) is 6.92 Å². The van der Waals surface area contributed by atoms with E-state index in [-0.39, 0.29) is 5.75 Å². The first-order valence-electron chi connectivity index (χ1n) is 6.95. The van der Waals surface area contributed by atoms with Gasteiger partial charge < -0.3 is 5.32 Å². The summed E-state index contributed by atoms with van der Waals surface area (Å²) < 4.78 is 26.2. The van der Waals surface area contributed by atoms with E-state index in [2.05, 4.69) is 17.3 Å². The van der Waals surface area contributed by atoms with Gasteiger partial charge in [0, 0.05) is 31.7 Å². The monoisotopic (exact) mass is 275 g/mol. The number of sulfonamides is 1. The third-order valence-electron chi connectivity index (χ3n) is 4.29. The van der Waals surface area contributed by atoms with Gasteiger partial charge in [-0.2, -0.15) is 0 Å². The fourth-order valence-electron chi connectivity index (χ4n) is 3.04. The van der Waals surface area contributed by atoms with Crippen molar-refractivity contribution in [2.75, 3.05) is 39.0 Å². The molecule has 2 atom stereocenters. The zero-order chi connectivity index (χ0) is 13.2. The normalized spacial score (nSPS) is 30.6. The maximum Gasteiger partial charge on any atom is 0.215 e. The van der Waals surface area contributed by atoms with E-state index >= 15 is 0 Å². The molecule has 6 heteroatoms. The fourth-order valence-corrected chi connectivity index (χ4v) is 4.48. The zero-order valence-corrected chi connectivity index (χ0v) is 12.2. The van der Waals surface area contributed by atoms with Crippen LogP contribution in [0.1, 0.15) is 26.2 Å². The lowest BCUT2D eigenvalue weighted by atomic mass is 10.1. The van der Waals surface area contributed by atoms with E-state index in [1.165, 1.54) is 6.42 Å². The van der Waals surface area contributed by atoms with E-state index in [0.717, 1.165) is 19.4 Å². The molecule has 0 aliphatic carbocycles. The van der Waals surface area contributed by atoms with Crippen molar-refractivity contribution >= 4 is 10.0 Å². The number of hydrogen-bond acceptors (Lipinski definition) is 4. The third kappa shape index (κ3) is 3.04. The summed E-state index contributed by atoms with van der Waals surface area (Å²) in [6, 6.07) is 1.01. The van der Waals surface area contributed by atoms with Gasteiger partial charge in [0.1, 0.15) is 0 Å². The summed E-state index contributed by atoms with van der Waals surface area (Å²) in [5.74, 6) is 0.224. The summed E-state index contributed by atoms with van der Waals surface area (Å²) in [5, 5.41) is 3.09. The highest BCUT2D eigenvalue weighted by molar-refractivity contribution is 7.89. The molecule has 2 rings (SSSR count). The predicted octanol–water partition coefficient (Wildman–Crippen LogP) is 0.0942. The van der Waals surface area contributed by atoms with Gasteiger partial charge in [0.25, 0.3) is 0 Å². The lowest BCUT2D eigenvalue weighted by molar-refractivity contribution is 0.246. The molecule has 0 radical (unpaired) electrons. The summed E-state index contributed by atoms with van der Waals surface area (Å²) in [4.78, 5) is 2.37. The van der Waals surface area contributed by atoms with Crippen LogP contribution in [0.4, 0.5) is 0 Å². The van der Waals surface area contributed by atoms with Gasteiger partial charge in [-0.3, -0.25) is 4.90 Å². The van der Waals surface area contributed by atoms with Crippen molar-refractivity contribution in [3.05, 3.63) is 0 Å². The molecular formula is C12H25N3O2S. The molecule has 5 nitrogen and oxygen atoms in total. The first-order chi connectivity index (χ1) is 8.54. The van der Waals surface area contributed by atoms with Crippen molar-refractivity contribution in [2.24, 2.45) is 0 Å². The Labute approximate surface area is 111 Å². The Morgan fingerprint density at radius 3 is 2.67 bits per heavy atom. The molecule has 2 heterocycles. The van der Waals surface area contributed by atoms with Crippen molar-refractivity contribution in [1.29, 1.82) is 0 Å². The first-order valence-corrected chi connectivity index (χ1v) is 8.56. The second-order valence-electron chi connectivity index (χ2n) is 5.37. The zero-order valence-electron chi connectivity index (χ0n) is 11.4. The summed E-state index contributed by atoms with van der Waals surface area (Å²) in [5.41, 5.74) is 0. The minimum atomic E-state index is -3.08. The number of likely N-dealkylation sites (N-methyl/N-ethyl adjacent to an activating group) is 1. The van der Waals surface area contributed by atoms with E-state index in [0.29, 0.717) is 31.7 Å². The number of fused-ring (bicyclic) bond motifs is 2. The molecule has 2 bridgehead atoms. The number of rotatable bonds is 5. The van der Waals surface area contributed by atoms with E-state index in [4.69, 9.17) is 0 Å². The standard InChI is InChI=1S/C12H25N3O2S/c1-3-13-7-9-18(16,17)15-8-6-11-4-5-12(10-15)14(11)2/h11-13H,3-10H2,1-2H3. The summed E-state index contributed by atoms with van der Waals surface area (Å²) in [7, 11) is -0.945. The quantitative estimate of drug-likeness (QED) is 0.723. The molecule has 0 amide bonds. The van der Waals surface area contributed by atoms with Gasteiger partial charge in [-0.25, -0.2) is 12.7 Å². The van der Waals surface area contributed by atoms with Crippen molar-refractivity contribution in [1.82, 2.24) is 14.5 Å². The van der Waals surface area contributed by atoms with Gasteiger partial charge >= 0.3 is 0 Å². The summed E-state index contributed by atoms with van der Waals surface area (Å²) in [6.07, 6.45) is 3.35. The number of nitrogens with one attached hydrogen (secondary N) is 1. The molecule has 106 valence electrons.